The smallest absolute Gasteiger partial charge is 0.260 e. The highest BCUT2D eigenvalue weighted by atomic mass is 19.1. The Morgan fingerprint density at radius 1 is 0.906 bits per heavy atom. The van der Waals surface area contributed by atoms with E-state index in [4.69, 9.17) is 4.74 Å². The molecular formula is C27H37FN2O2. The number of piperidine rings is 1. The Balaban J connectivity index is 1.04. The van der Waals surface area contributed by atoms with Gasteiger partial charge < -0.3 is 14.5 Å². The normalized spacial score (nSPS) is 30.4. The molecule has 1 atom stereocenters. The molecule has 3 heterocycles. The number of rotatable bonds is 4. The Morgan fingerprint density at radius 2 is 1.53 bits per heavy atom. The van der Waals surface area contributed by atoms with Crippen LogP contribution in [0.2, 0.25) is 0 Å². The molecule has 0 aromatic heterocycles. The van der Waals surface area contributed by atoms with E-state index in [2.05, 4.69) is 29.2 Å². The Kier molecular flexibility index (Phi) is 5.33. The molecule has 0 N–H and O–H groups in total. The van der Waals surface area contributed by atoms with Gasteiger partial charge in [0.1, 0.15) is 0 Å². The van der Waals surface area contributed by atoms with Crippen molar-refractivity contribution in [3.63, 3.8) is 0 Å². The van der Waals surface area contributed by atoms with E-state index in [1.807, 2.05) is 0 Å². The van der Waals surface area contributed by atoms with Gasteiger partial charge in [-0.05, 0) is 93.8 Å². The van der Waals surface area contributed by atoms with Gasteiger partial charge in [-0.2, -0.15) is 0 Å². The molecule has 5 heteroatoms. The molecule has 0 bridgehead atoms. The van der Waals surface area contributed by atoms with Gasteiger partial charge in [0.2, 0.25) is 0 Å². The van der Waals surface area contributed by atoms with Crippen molar-refractivity contribution in [1.82, 2.24) is 9.80 Å². The standard InChI is InChI=1S/C27H37FN2O2/c28-27(11-12-27)25(31)30-18-26(19-30)10-5-22(17-26)29-13-6-20(7-14-29)23-3-1-2-4-24(23)21-8-15-32-16-9-21/h1-4,20-22H,5-19H2/t22-/m1/s1. The number of halogens is 1. The van der Waals surface area contributed by atoms with Crippen LogP contribution in [0.25, 0.3) is 0 Å². The summed E-state index contributed by atoms with van der Waals surface area (Å²) in [6.07, 6.45) is 9.32. The van der Waals surface area contributed by atoms with E-state index in [1.165, 1.54) is 45.2 Å². The maximum Gasteiger partial charge on any atom is 0.260 e. The largest absolute Gasteiger partial charge is 0.381 e. The van der Waals surface area contributed by atoms with Gasteiger partial charge in [0, 0.05) is 37.8 Å². The number of ether oxygens (including phenoxy) is 1. The maximum atomic E-state index is 14.1. The van der Waals surface area contributed by atoms with Crippen molar-refractivity contribution < 1.29 is 13.9 Å². The highest BCUT2D eigenvalue weighted by molar-refractivity contribution is 5.88. The minimum atomic E-state index is -1.50. The van der Waals surface area contributed by atoms with Gasteiger partial charge in [-0.1, -0.05) is 24.3 Å². The molecule has 5 aliphatic rings. The van der Waals surface area contributed by atoms with E-state index in [1.54, 1.807) is 16.0 Å². The third-order valence-corrected chi connectivity index (χ3v) is 9.23. The van der Waals surface area contributed by atoms with E-state index in [0.29, 0.717) is 30.7 Å². The van der Waals surface area contributed by atoms with Gasteiger partial charge in [0.05, 0.1) is 0 Å². The van der Waals surface area contributed by atoms with Crippen molar-refractivity contribution in [2.75, 3.05) is 39.4 Å². The lowest BCUT2D eigenvalue weighted by atomic mass is 9.77. The minimum absolute atomic E-state index is 0.226. The lowest BCUT2D eigenvalue weighted by Crippen LogP contribution is -2.60. The second-order valence-corrected chi connectivity index (χ2v) is 11.3. The van der Waals surface area contributed by atoms with Crippen molar-refractivity contribution in [2.24, 2.45) is 5.41 Å². The van der Waals surface area contributed by atoms with Crippen molar-refractivity contribution >= 4 is 5.91 Å². The second kappa shape index (κ2) is 8.09. The predicted octanol–water partition coefficient (Wildman–Crippen LogP) is 4.64. The number of hydrogen-bond donors (Lipinski definition) is 0. The van der Waals surface area contributed by atoms with Crippen molar-refractivity contribution in [1.29, 1.82) is 0 Å². The molecule has 2 saturated carbocycles. The molecule has 5 fully saturated rings. The fraction of sp³-hybridized carbons (Fsp3) is 0.741. The molecule has 4 nitrogen and oxygen atoms in total. The summed E-state index contributed by atoms with van der Waals surface area (Å²) in [5.41, 5.74) is 1.95. The van der Waals surface area contributed by atoms with Gasteiger partial charge in [0.15, 0.2) is 5.67 Å². The van der Waals surface area contributed by atoms with Crippen LogP contribution in [-0.2, 0) is 9.53 Å². The minimum Gasteiger partial charge on any atom is -0.381 e. The SMILES string of the molecule is O=C(N1CC2(CC[C@@H](N3CCC(c4ccccc4C4CCOCC4)CC3)C2)C1)C1(F)CC1. The molecule has 6 rings (SSSR count). The topological polar surface area (TPSA) is 32.8 Å². The van der Waals surface area contributed by atoms with Gasteiger partial charge in [0.25, 0.3) is 5.91 Å². The zero-order valence-electron chi connectivity index (χ0n) is 19.2. The summed E-state index contributed by atoms with van der Waals surface area (Å²) < 4.78 is 19.7. The third-order valence-electron chi connectivity index (χ3n) is 9.23. The number of carbonyl (C=O) groups is 1. The summed E-state index contributed by atoms with van der Waals surface area (Å²) in [6.45, 7) is 5.76. The average Bonchev–Trinajstić information content (AvgIpc) is 3.41. The molecule has 1 aromatic carbocycles. The number of hydrogen-bond acceptors (Lipinski definition) is 3. The first-order chi connectivity index (χ1) is 15.6. The molecule has 0 unspecified atom stereocenters. The molecule has 1 spiro atoms. The van der Waals surface area contributed by atoms with Crippen LogP contribution in [-0.4, -0.2) is 66.8 Å². The molecule has 32 heavy (non-hydrogen) atoms. The van der Waals surface area contributed by atoms with Crippen LogP contribution in [0.1, 0.15) is 80.8 Å². The van der Waals surface area contributed by atoms with Crippen LogP contribution >= 0.6 is 0 Å². The summed E-state index contributed by atoms with van der Waals surface area (Å²) in [6, 6.07) is 9.83. The molecule has 174 valence electrons. The van der Waals surface area contributed by atoms with E-state index < -0.39 is 5.67 Å². The average molecular weight is 441 g/mol. The van der Waals surface area contributed by atoms with Crippen LogP contribution in [0.4, 0.5) is 4.39 Å². The third kappa shape index (κ3) is 3.79. The van der Waals surface area contributed by atoms with Gasteiger partial charge >= 0.3 is 0 Å². The predicted molar refractivity (Wildman–Crippen MR) is 123 cm³/mol. The first-order valence-corrected chi connectivity index (χ1v) is 12.9. The van der Waals surface area contributed by atoms with Gasteiger partial charge in [-0.25, -0.2) is 4.39 Å². The highest BCUT2D eigenvalue weighted by Gasteiger charge is 2.58. The van der Waals surface area contributed by atoms with E-state index in [0.717, 1.165) is 39.1 Å². The van der Waals surface area contributed by atoms with Crippen LogP contribution in [0, 0.1) is 5.41 Å². The molecule has 1 amide bonds. The van der Waals surface area contributed by atoms with E-state index in [-0.39, 0.29) is 11.3 Å². The Morgan fingerprint density at radius 3 is 2.16 bits per heavy atom. The summed E-state index contributed by atoms with van der Waals surface area (Å²) in [5.74, 6) is 1.11. The number of carbonyl (C=O) groups excluding carboxylic acids is 1. The fourth-order valence-electron chi connectivity index (χ4n) is 7.13. The number of alkyl halides is 1. The Hall–Kier alpha value is -1.46. The van der Waals surface area contributed by atoms with Crippen LogP contribution < -0.4 is 0 Å². The number of benzene rings is 1. The molecular weight excluding hydrogens is 403 g/mol. The van der Waals surface area contributed by atoms with Gasteiger partial charge in [-0.15, -0.1) is 0 Å². The molecule has 3 aliphatic heterocycles. The monoisotopic (exact) mass is 440 g/mol. The first kappa shape index (κ1) is 21.1. The molecule has 0 radical (unpaired) electrons. The highest BCUT2D eigenvalue weighted by Crippen LogP contribution is 2.51. The maximum absolute atomic E-state index is 14.1. The van der Waals surface area contributed by atoms with Crippen LogP contribution in [0.3, 0.4) is 0 Å². The summed E-state index contributed by atoms with van der Waals surface area (Å²) in [7, 11) is 0. The van der Waals surface area contributed by atoms with E-state index >= 15 is 0 Å². The zero-order chi connectivity index (χ0) is 21.8. The van der Waals surface area contributed by atoms with Crippen LogP contribution in [0.5, 0.6) is 0 Å². The van der Waals surface area contributed by atoms with Gasteiger partial charge in [-0.3, -0.25) is 4.79 Å². The van der Waals surface area contributed by atoms with Crippen molar-refractivity contribution in [2.45, 2.75) is 81.3 Å². The molecule has 1 aromatic rings. The summed E-state index contributed by atoms with van der Waals surface area (Å²) in [5, 5.41) is 0. The first-order valence-electron chi connectivity index (χ1n) is 12.9. The molecule has 3 saturated heterocycles. The zero-order valence-corrected chi connectivity index (χ0v) is 19.2. The number of amides is 1. The second-order valence-electron chi connectivity index (χ2n) is 11.3. The van der Waals surface area contributed by atoms with Crippen LogP contribution in [0.15, 0.2) is 24.3 Å². The fourth-order valence-corrected chi connectivity index (χ4v) is 7.13. The lowest BCUT2D eigenvalue weighted by molar-refractivity contribution is -0.150. The van der Waals surface area contributed by atoms with Crippen molar-refractivity contribution in [3.05, 3.63) is 35.4 Å². The quantitative estimate of drug-likeness (QED) is 0.684. The lowest BCUT2D eigenvalue weighted by Gasteiger charge is -2.49. The Labute approximate surface area is 191 Å². The number of likely N-dealkylation sites (tertiary alicyclic amines) is 2. The van der Waals surface area contributed by atoms with E-state index in [9.17, 15) is 9.18 Å². The summed E-state index contributed by atoms with van der Waals surface area (Å²) >= 11 is 0. The number of nitrogens with zero attached hydrogens (tertiary/aromatic N) is 2. The Bertz CT molecular complexity index is 849. The molecule has 2 aliphatic carbocycles. The van der Waals surface area contributed by atoms with Crippen molar-refractivity contribution in [3.8, 4) is 0 Å². The summed E-state index contributed by atoms with van der Waals surface area (Å²) in [4.78, 5) is 16.8.